The van der Waals surface area contributed by atoms with Crippen molar-refractivity contribution >= 4 is 17.6 Å². The summed E-state index contributed by atoms with van der Waals surface area (Å²) in [5, 5.41) is 10.8. The SMILES string of the molecule is CC(C)CCNC(=O)c1ccc(N2CCN(C(=O)c3ccc(F)cc3C(F)(F)F)CC2)nn1. The van der Waals surface area contributed by atoms with Crippen LogP contribution in [0.15, 0.2) is 30.3 Å². The number of carbonyl (C=O) groups is 2. The largest absolute Gasteiger partial charge is 0.417 e. The van der Waals surface area contributed by atoms with E-state index in [9.17, 15) is 27.2 Å². The molecule has 0 atom stereocenters. The van der Waals surface area contributed by atoms with Crippen molar-refractivity contribution in [2.45, 2.75) is 26.4 Å². The highest BCUT2D eigenvalue weighted by Crippen LogP contribution is 2.33. The lowest BCUT2D eigenvalue weighted by Crippen LogP contribution is -2.49. The number of amides is 2. The Labute approximate surface area is 188 Å². The second-order valence-corrected chi connectivity index (χ2v) is 8.18. The summed E-state index contributed by atoms with van der Waals surface area (Å²) < 4.78 is 53.1. The zero-order valence-electron chi connectivity index (χ0n) is 18.3. The first-order valence-electron chi connectivity index (χ1n) is 10.6. The lowest BCUT2D eigenvalue weighted by molar-refractivity contribution is -0.138. The fraction of sp³-hybridized carbons (Fsp3) is 0.455. The van der Waals surface area contributed by atoms with E-state index in [0.29, 0.717) is 37.4 Å². The van der Waals surface area contributed by atoms with Gasteiger partial charge in [-0.2, -0.15) is 13.2 Å². The second-order valence-electron chi connectivity index (χ2n) is 8.18. The van der Waals surface area contributed by atoms with Gasteiger partial charge in [-0.15, -0.1) is 10.2 Å². The molecule has 3 rings (SSSR count). The standard InChI is InChI=1S/C22H25F4N5O2/c1-14(2)7-8-27-20(32)18-5-6-19(29-28-18)30-9-11-31(12-10-30)21(33)16-4-3-15(23)13-17(16)22(24,25)26/h3-6,13-14H,7-12H2,1-2H3,(H,27,32). The van der Waals surface area contributed by atoms with Crippen LogP contribution < -0.4 is 10.2 Å². The van der Waals surface area contributed by atoms with E-state index >= 15 is 0 Å². The molecule has 0 spiro atoms. The Morgan fingerprint density at radius 1 is 1.06 bits per heavy atom. The molecule has 0 radical (unpaired) electrons. The number of hydrogen-bond donors (Lipinski definition) is 1. The van der Waals surface area contributed by atoms with E-state index in [1.807, 2.05) is 4.90 Å². The summed E-state index contributed by atoms with van der Waals surface area (Å²) in [5.41, 5.74) is -1.68. The van der Waals surface area contributed by atoms with Gasteiger partial charge in [-0.25, -0.2) is 4.39 Å². The predicted molar refractivity (Wildman–Crippen MR) is 113 cm³/mol. The van der Waals surface area contributed by atoms with E-state index < -0.39 is 29.0 Å². The number of benzene rings is 1. The van der Waals surface area contributed by atoms with Crippen molar-refractivity contribution in [3.05, 3.63) is 53.0 Å². The van der Waals surface area contributed by atoms with E-state index in [0.717, 1.165) is 18.6 Å². The van der Waals surface area contributed by atoms with Gasteiger partial charge in [0.2, 0.25) is 0 Å². The van der Waals surface area contributed by atoms with Gasteiger partial charge < -0.3 is 15.1 Å². The van der Waals surface area contributed by atoms with Crippen molar-refractivity contribution in [3.63, 3.8) is 0 Å². The third-order valence-electron chi connectivity index (χ3n) is 5.30. The molecule has 11 heteroatoms. The van der Waals surface area contributed by atoms with Gasteiger partial charge in [0.05, 0.1) is 11.1 Å². The van der Waals surface area contributed by atoms with Gasteiger partial charge in [-0.05, 0) is 42.7 Å². The maximum atomic E-state index is 13.3. The number of aromatic nitrogens is 2. The summed E-state index contributed by atoms with van der Waals surface area (Å²) in [6.07, 6.45) is -3.99. The number of rotatable bonds is 6. The average molecular weight is 467 g/mol. The molecule has 1 aliphatic heterocycles. The number of anilines is 1. The van der Waals surface area contributed by atoms with Gasteiger partial charge in [0.15, 0.2) is 11.5 Å². The smallest absolute Gasteiger partial charge is 0.352 e. The molecule has 1 fully saturated rings. The molecular formula is C22H25F4N5O2. The molecule has 33 heavy (non-hydrogen) atoms. The zero-order chi connectivity index (χ0) is 24.2. The van der Waals surface area contributed by atoms with Crippen LogP contribution in [0.2, 0.25) is 0 Å². The van der Waals surface area contributed by atoms with Crippen molar-refractivity contribution in [1.82, 2.24) is 20.4 Å². The first kappa shape index (κ1) is 24.4. The first-order valence-corrected chi connectivity index (χ1v) is 10.6. The molecular weight excluding hydrogens is 442 g/mol. The van der Waals surface area contributed by atoms with Crippen molar-refractivity contribution in [1.29, 1.82) is 0 Å². The quantitative estimate of drug-likeness (QED) is 0.660. The van der Waals surface area contributed by atoms with Crippen molar-refractivity contribution in [2.24, 2.45) is 5.92 Å². The van der Waals surface area contributed by atoms with Crippen molar-refractivity contribution in [2.75, 3.05) is 37.6 Å². The summed E-state index contributed by atoms with van der Waals surface area (Å²) in [5.74, 6) is -1.21. The molecule has 1 saturated heterocycles. The Hall–Kier alpha value is -3.24. The summed E-state index contributed by atoms with van der Waals surface area (Å²) in [6.45, 7) is 5.62. The van der Waals surface area contributed by atoms with E-state index in [1.54, 1.807) is 12.1 Å². The second kappa shape index (κ2) is 10.1. The number of alkyl halides is 3. The lowest BCUT2D eigenvalue weighted by atomic mass is 10.0. The number of hydrogen-bond acceptors (Lipinski definition) is 5. The maximum Gasteiger partial charge on any atom is 0.417 e. The van der Waals surface area contributed by atoms with E-state index in [-0.39, 0.29) is 24.7 Å². The summed E-state index contributed by atoms with van der Waals surface area (Å²) >= 11 is 0. The number of nitrogens with one attached hydrogen (secondary N) is 1. The summed E-state index contributed by atoms with van der Waals surface area (Å²) in [6, 6.07) is 5.24. The van der Waals surface area contributed by atoms with Crippen LogP contribution in [0.25, 0.3) is 0 Å². The highest BCUT2D eigenvalue weighted by molar-refractivity contribution is 5.96. The lowest BCUT2D eigenvalue weighted by Gasteiger charge is -2.35. The summed E-state index contributed by atoms with van der Waals surface area (Å²) in [4.78, 5) is 27.9. The molecule has 0 unspecified atom stereocenters. The van der Waals surface area contributed by atoms with E-state index in [1.165, 1.54) is 4.90 Å². The monoisotopic (exact) mass is 467 g/mol. The molecule has 0 aliphatic carbocycles. The Morgan fingerprint density at radius 2 is 1.76 bits per heavy atom. The number of halogens is 4. The normalized spacial score (nSPS) is 14.5. The van der Waals surface area contributed by atoms with Crippen LogP contribution in [-0.2, 0) is 6.18 Å². The molecule has 0 saturated carbocycles. The van der Waals surface area contributed by atoms with Crippen LogP contribution >= 0.6 is 0 Å². The Bertz CT molecular complexity index is 987. The minimum absolute atomic E-state index is 0.159. The van der Waals surface area contributed by atoms with Crippen LogP contribution in [0.3, 0.4) is 0 Å². The summed E-state index contributed by atoms with van der Waals surface area (Å²) in [7, 11) is 0. The number of nitrogens with zero attached hydrogens (tertiary/aromatic N) is 4. The van der Waals surface area contributed by atoms with E-state index in [2.05, 4.69) is 29.4 Å². The zero-order valence-corrected chi connectivity index (χ0v) is 18.3. The van der Waals surface area contributed by atoms with Gasteiger partial charge in [-0.3, -0.25) is 9.59 Å². The predicted octanol–water partition coefficient (Wildman–Crippen LogP) is 3.37. The molecule has 1 N–H and O–H groups in total. The van der Waals surface area contributed by atoms with Gasteiger partial charge in [0.1, 0.15) is 5.82 Å². The first-order chi connectivity index (χ1) is 15.6. The van der Waals surface area contributed by atoms with Crippen molar-refractivity contribution in [3.8, 4) is 0 Å². The Morgan fingerprint density at radius 3 is 2.33 bits per heavy atom. The highest BCUT2D eigenvalue weighted by atomic mass is 19.4. The molecule has 1 aromatic heterocycles. The molecule has 1 aliphatic rings. The number of piperazine rings is 1. The fourth-order valence-corrected chi connectivity index (χ4v) is 3.43. The van der Waals surface area contributed by atoms with Gasteiger partial charge in [-0.1, -0.05) is 13.8 Å². The van der Waals surface area contributed by atoms with Gasteiger partial charge in [0, 0.05) is 32.7 Å². The molecule has 0 bridgehead atoms. The third kappa shape index (κ3) is 6.17. The molecule has 7 nitrogen and oxygen atoms in total. The third-order valence-corrected chi connectivity index (χ3v) is 5.30. The minimum Gasteiger partial charge on any atom is -0.352 e. The maximum absolute atomic E-state index is 13.3. The van der Waals surface area contributed by atoms with E-state index in [4.69, 9.17) is 0 Å². The van der Waals surface area contributed by atoms with Crippen LogP contribution in [0, 0.1) is 11.7 Å². The van der Waals surface area contributed by atoms with Crippen LogP contribution in [-0.4, -0.2) is 59.6 Å². The van der Waals surface area contributed by atoms with Gasteiger partial charge >= 0.3 is 6.18 Å². The molecule has 2 heterocycles. The topological polar surface area (TPSA) is 78.4 Å². The Balaban J connectivity index is 1.60. The van der Waals surface area contributed by atoms with Crippen molar-refractivity contribution < 1.29 is 27.2 Å². The van der Waals surface area contributed by atoms with Crippen LogP contribution in [0.1, 0.15) is 46.7 Å². The molecule has 1 aromatic carbocycles. The Kier molecular flexibility index (Phi) is 7.50. The number of carbonyl (C=O) groups excluding carboxylic acids is 2. The minimum atomic E-state index is -4.84. The fourth-order valence-electron chi connectivity index (χ4n) is 3.43. The molecule has 2 aromatic rings. The highest BCUT2D eigenvalue weighted by Gasteiger charge is 2.37. The molecule has 2 amide bonds. The average Bonchev–Trinajstić information content (AvgIpc) is 2.78. The van der Waals surface area contributed by atoms with Crippen LogP contribution in [0.4, 0.5) is 23.4 Å². The van der Waals surface area contributed by atoms with Crippen LogP contribution in [0.5, 0.6) is 0 Å². The van der Waals surface area contributed by atoms with Gasteiger partial charge in [0.25, 0.3) is 11.8 Å². The molecule has 178 valence electrons.